The molecule has 0 amide bonds. The number of nitrogens with one attached hydrogen (secondary N) is 1. The van der Waals surface area contributed by atoms with Gasteiger partial charge in [0.05, 0.1) is 5.56 Å². The number of hydrazine groups is 1. The molecule has 1 aromatic rings. The number of pyridine rings is 1. The molecule has 0 bridgehead atoms. The summed E-state index contributed by atoms with van der Waals surface area (Å²) in [6.07, 6.45) is -2.97. The topological polar surface area (TPSA) is 74.4 Å². The zero-order chi connectivity index (χ0) is 14.8. The summed E-state index contributed by atoms with van der Waals surface area (Å²) >= 11 is 0. The molecule has 0 aromatic carbocycles. The molecular formula is C12H17F3N4O. The van der Waals surface area contributed by atoms with E-state index in [1.54, 1.807) is 4.90 Å². The second-order valence-corrected chi connectivity index (χ2v) is 4.85. The fraction of sp³-hybridized carbons (Fsp3) is 0.583. The van der Waals surface area contributed by atoms with Crippen molar-refractivity contribution < 1.29 is 18.3 Å². The number of rotatable bonds is 3. The van der Waals surface area contributed by atoms with Gasteiger partial charge in [0.25, 0.3) is 0 Å². The molecule has 0 aliphatic carbocycles. The van der Waals surface area contributed by atoms with Crippen LogP contribution in [0.2, 0.25) is 0 Å². The fourth-order valence-electron chi connectivity index (χ4n) is 2.26. The molecule has 0 spiro atoms. The Hall–Kier alpha value is -1.54. The lowest BCUT2D eigenvalue weighted by molar-refractivity contribution is -0.137. The van der Waals surface area contributed by atoms with Gasteiger partial charge in [-0.3, -0.25) is 0 Å². The Kier molecular flexibility index (Phi) is 4.34. The van der Waals surface area contributed by atoms with E-state index in [9.17, 15) is 13.2 Å². The largest absolute Gasteiger partial charge is 0.416 e. The normalized spacial score (nSPS) is 17.4. The zero-order valence-electron chi connectivity index (χ0n) is 10.8. The molecule has 4 N–H and O–H groups in total. The maximum atomic E-state index is 12.8. The Morgan fingerprint density at radius 2 is 2.00 bits per heavy atom. The molecule has 1 aliphatic heterocycles. The van der Waals surface area contributed by atoms with E-state index in [1.807, 2.05) is 0 Å². The van der Waals surface area contributed by atoms with Crippen LogP contribution in [0.1, 0.15) is 18.4 Å². The lowest BCUT2D eigenvalue weighted by Gasteiger charge is -2.32. The van der Waals surface area contributed by atoms with Gasteiger partial charge in [0, 0.05) is 19.7 Å². The van der Waals surface area contributed by atoms with Crippen molar-refractivity contribution in [3.05, 3.63) is 17.7 Å². The van der Waals surface area contributed by atoms with Crippen LogP contribution in [0.5, 0.6) is 0 Å². The summed E-state index contributed by atoms with van der Waals surface area (Å²) in [4.78, 5) is 5.85. The van der Waals surface area contributed by atoms with Gasteiger partial charge >= 0.3 is 6.18 Å². The number of aliphatic hydroxyl groups is 1. The Labute approximate surface area is 114 Å². The van der Waals surface area contributed by atoms with Crippen molar-refractivity contribution in [2.75, 3.05) is 30.0 Å². The minimum absolute atomic E-state index is 0.0147. The third kappa shape index (κ3) is 3.31. The molecule has 2 rings (SSSR count). The first kappa shape index (κ1) is 14.9. The van der Waals surface area contributed by atoms with Crippen molar-refractivity contribution >= 4 is 11.6 Å². The van der Waals surface area contributed by atoms with E-state index >= 15 is 0 Å². The number of nitrogens with zero attached hydrogens (tertiary/aromatic N) is 2. The highest BCUT2D eigenvalue weighted by Crippen LogP contribution is 2.33. The summed E-state index contributed by atoms with van der Waals surface area (Å²) in [5.74, 6) is 5.62. The number of aliphatic hydroxyl groups excluding tert-OH is 1. The molecule has 0 saturated carbocycles. The SMILES string of the molecule is NNc1cc(C(F)(F)F)cc(N2CCC(CO)CC2)n1. The first-order valence-electron chi connectivity index (χ1n) is 6.35. The Morgan fingerprint density at radius 1 is 1.35 bits per heavy atom. The van der Waals surface area contributed by atoms with Crippen LogP contribution in [0, 0.1) is 5.92 Å². The molecule has 2 heterocycles. The van der Waals surface area contributed by atoms with Crippen LogP contribution < -0.4 is 16.2 Å². The maximum absolute atomic E-state index is 12.8. The van der Waals surface area contributed by atoms with E-state index in [2.05, 4.69) is 10.4 Å². The van der Waals surface area contributed by atoms with Crippen LogP contribution in [0.4, 0.5) is 24.8 Å². The molecule has 1 saturated heterocycles. The van der Waals surface area contributed by atoms with E-state index in [4.69, 9.17) is 10.9 Å². The molecule has 1 aliphatic rings. The van der Waals surface area contributed by atoms with Gasteiger partial charge in [-0.05, 0) is 30.9 Å². The van der Waals surface area contributed by atoms with Gasteiger partial charge in [-0.2, -0.15) is 13.2 Å². The highest BCUT2D eigenvalue weighted by Gasteiger charge is 2.32. The summed E-state index contributed by atoms with van der Waals surface area (Å²) in [5.41, 5.74) is 1.38. The van der Waals surface area contributed by atoms with Crippen LogP contribution in [-0.4, -0.2) is 29.8 Å². The van der Waals surface area contributed by atoms with Gasteiger partial charge in [-0.25, -0.2) is 10.8 Å². The van der Waals surface area contributed by atoms with Gasteiger partial charge < -0.3 is 15.4 Å². The quantitative estimate of drug-likeness (QED) is 0.582. The Balaban J connectivity index is 2.23. The first-order valence-corrected chi connectivity index (χ1v) is 6.35. The lowest BCUT2D eigenvalue weighted by Crippen LogP contribution is -2.35. The number of piperidine rings is 1. The molecule has 1 fully saturated rings. The Bertz CT molecular complexity index is 459. The molecule has 0 unspecified atom stereocenters. The van der Waals surface area contributed by atoms with Crippen LogP contribution >= 0.6 is 0 Å². The minimum atomic E-state index is -4.44. The van der Waals surface area contributed by atoms with E-state index in [0.717, 1.165) is 25.0 Å². The number of alkyl halides is 3. The number of aromatic nitrogens is 1. The third-order valence-electron chi connectivity index (χ3n) is 3.48. The third-order valence-corrected chi connectivity index (χ3v) is 3.48. The molecule has 112 valence electrons. The number of nitrogens with two attached hydrogens (primary N) is 1. The smallest absolute Gasteiger partial charge is 0.396 e. The fourth-order valence-corrected chi connectivity index (χ4v) is 2.26. The molecule has 5 nitrogen and oxygen atoms in total. The summed E-state index contributed by atoms with van der Waals surface area (Å²) in [6, 6.07) is 1.91. The molecule has 8 heteroatoms. The molecular weight excluding hydrogens is 273 g/mol. The van der Waals surface area contributed by atoms with Gasteiger partial charge in [0.1, 0.15) is 11.6 Å². The first-order chi connectivity index (χ1) is 9.44. The van der Waals surface area contributed by atoms with Gasteiger partial charge in [-0.1, -0.05) is 0 Å². The predicted molar refractivity (Wildman–Crippen MR) is 69.1 cm³/mol. The van der Waals surface area contributed by atoms with Crippen LogP contribution in [-0.2, 0) is 6.18 Å². The van der Waals surface area contributed by atoms with Gasteiger partial charge in [0.2, 0.25) is 0 Å². The van der Waals surface area contributed by atoms with Crippen molar-refractivity contribution in [1.29, 1.82) is 0 Å². The number of halogens is 3. The van der Waals surface area contributed by atoms with Gasteiger partial charge in [-0.15, -0.1) is 0 Å². The van der Waals surface area contributed by atoms with Crippen molar-refractivity contribution in [3.8, 4) is 0 Å². The van der Waals surface area contributed by atoms with Crippen molar-refractivity contribution in [3.63, 3.8) is 0 Å². The standard InChI is InChI=1S/C12H17F3N4O/c13-12(14,15)9-5-10(18-16)17-11(6-9)19-3-1-8(7-20)2-4-19/h5-6,8,20H,1-4,7,16H2,(H,17,18). The van der Waals surface area contributed by atoms with Crippen LogP contribution in [0.3, 0.4) is 0 Å². The molecule has 1 aromatic heterocycles. The summed E-state index contributed by atoms with van der Waals surface area (Å²) in [7, 11) is 0. The summed E-state index contributed by atoms with van der Waals surface area (Å²) < 4.78 is 38.5. The molecule has 0 radical (unpaired) electrons. The number of nitrogen functional groups attached to an aromatic ring is 1. The number of hydrogen-bond acceptors (Lipinski definition) is 5. The lowest BCUT2D eigenvalue weighted by atomic mass is 9.98. The Morgan fingerprint density at radius 3 is 2.50 bits per heavy atom. The molecule has 20 heavy (non-hydrogen) atoms. The summed E-state index contributed by atoms with van der Waals surface area (Å²) in [5, 5.41) is 9.07. The maximum Gasteiger partial charge on any atom is 0.416 e. The summed E-state index contributed by atoms with van der Waals surface area (Å²) in [6.45, 7) is 1.26. The monoisotopic (exact) mass is 290 g/mol. The van der Waals surface area contributed by atoms with Gasteiger partial charge in [0.15, 0.2) is 0 Å². The highest BCUT2D eigenvalue weighted by atomic mass is 19.4. The van der Waals surface area contributed by atoms with Crippen molar-refractivity contribution in [2.24, 2.45) is 11.8 Å². The van der Waals surface area contributed by atoms with E-state index in [0.29, 0.717) is 13.1 Å². The van der Waals surface area contributed by atoms with Crippen molar-refractivity contribution in [1.82, 2.24) is 4.98 Å². The predicted octanol–water partition coefficient (Wildman–Crippen LogP) is 1.59. The van der Waals surface area contributed by atoms with E-state index in [-0.39, 0.29) is 24.2 Å². The average molecular weight is 290 g/mol. The second-order valence-electron chi connectivity index (χ2n) is 4.85. The molecule has 0 atom stereocenters. The minimum Gasteiger partial charge on any atom is -0.396 e. The number of hydrogen-bond donors (Lipinski definition) is 3. The second kappa shape index (κ2) is 5.84. The van der Waals surface area contributed by atoms with Crippen LogP contribution in [0.25, 0.3) is 0 Å². The van der Waals surface area contributed by atoms with E-state index < -0.39 is 11.7 Å². The van der Waals surface area contributed by atoms with E-state index in [1.165, 1.54) is 0 Å². The average Bonchev–Trinajstić information content (AvgIpc) is 2.46. The highest BCUT2D eigenvalue weighted by molar-refractivity contribution is 5.51. The van der Waals surface area contributed by atoms with Crippen molar-refractivity contribution in [2.45, 2.75) is 19.0 Å². The number of anilines is 2. The van der Waals surface area contributed by atoms with Crippen LogP contribution in [0.15, 0.2) is 12.1 Å². The zero-order valence-corrected chi connectivity index (χ0v) is 10.8.